The number of nitrogens with one attached hydrogen (secondary N) is 1. The molecule has 18 heavy (non-hydrogen) atoms. The predicted octanol–water partition coefficient (Wildman–Crippen LogP) is 1.21. The van der Waals surface area contributed by atoms with Crippen LogP contribution in [-0.2, 0) is 23.9 Å². The molecule has 1 aromatic heterocycles. The van der Waals surface area contributed by atoms with Gasteiger partial charge in [-0.15, -0.1) is 11.3 Å². The van der Waals surface area contributed by atoms with E-state index in [1.165, 1.54) is 5.01 Å². The maximum Gasteiger partial charge on any atom is 0.107 e. The van der Waals surface area contributed by atoms with Crippen LogP contribution in [0.2, 0.25) is 0 Å². The molecule has 1 aromatic rings. The molecule has 0 bridgehead atoms. The first-order valence-corrected chi connectivity index (χ1v) is 8.86. The minimum atomic E-state index is -0.589. The van der Waals surface area contributed by atoms with E-state index in [2.05, 4.69) is 27.5 Å². The van der Waals surface area contributed by atoms with E-state index < -0.39 is 10.8 Å². The molecule has 6 heteroatoms. The highest BCUT2D eigenvalue weighted by Crippen LogP contribution is 2.13. The lowest BCUT2D eigenvalue weighted by Gasteiger charge is -2.25. The van der Waals surface area contributed by atoms with Crippen molar-refractivity contribution in [1.29, 1.82) is 0 Å². The van der Waals surface area contributed by atoms with Gasteiger partial charge in [-0.3, -0.25) is 9.11 Å². The number of hydrogen-bond acceptors (Lipinski definition) is 5. The van der Waals surface area contributed by atoms with Crippen molar-refractivity contribution in [3.8, 4) is 0 Å². The van der Waals surface area contributed by atoms with Gasteiger partial charge in [0.15, 0.2) is 0 Å². The lowest BCUT2D eigenvalue weighted by atomic mass is 10.4. The SMILES string of the molecule is CCCNCc1nc(CN2CCS(=O)CC2)cs1. The zero-order valence-corrected chi connectivity index (χ0v) is 12.5. The number of aromatic nitrogens is 1. The van der Waals surface area contributed by atoms with E-state index in [-0.39, 0.29) is 0 Å². The Balaban J connectivity index is 1.77. The summed E-state index contributed by atoms with van der Waals surface area (Å²) < 4.78 is 11.3. The Morgan fingerprint density at radius 3 is 3.00 bits per heavy atom. The summed E-state index contributed by atoms with van der Waals surface area (Å²) in [7, 11) is -0.589. The molecule has 102 valence electrons. The van der Waals surface area contributed by atoms with Crippen LogP contribution in [0.1, 0.15) is 24.0 Å². The molecule has 0 aliphatic carbocycles. The van der Waals surface area contributed by atoms with Crippen LogP contribution in [-0.4, -0.2) is 45.2 Å². The third kappa shape index (κ3) is 4.42. The lowest BCUT2D eigenvalue weighted by Crippen LogP contribution is -2.37. The van der Waals surface area contributed by atoms with Crippen LogP contribution >= 0.6 is 11.3 Å². The highest BCUT2D eigenvalue weighted by Gasteiger charge is 2.16. The highest BCUT2D eigenvalue weighted by atomic mass is 32.2. The van der Waals surface area contributed by atoms with Gasteiger partial charge in [-0.1, -0.05) is 6.92 Å². The first-order valence-electron chi connectivity index (χ1n) is 6.49. The van der Waals surface area contributed by atoms with E-state index in [0.29, 0.717) is 0 Å². The number of hydrogen-bond donors (Lipinski definition) is 1. The molecule has 1 N–H and O–H groups in total. The second-order valence-corrected chi connectivity index (χ2v) is 7.17. The Labute approximate surface area is 115 Å². The molecule has 1 fully saturated rings. The predicted molar refractivity (Wildman–Crippen MR) is 77.3 cm³/mol. The molecule has 0 unspecified atom stereocenters. The Morgan fingerprint density at radius 1 is 1.50 bits per heavy atom. The van der Waals surface area contributed by atoms with Crippen molar-refractivity contribution < 1.29 is 4.21 Å². The molecular formula is C12H21N3OS2. The van der Waals surface area contributed by atoms with Gasteiger partial charge in [0.1, 0.15) is 5.01 Å². The Morgan fingerprint density at radius 2 is 2.28 bits per heavy atom. The van der Waals surface area contributed by atoms with E-state index in [9.17, 15) is 4.21 Å². The lowest BCUT2D eigenvalue weighted by molar-refractivity contribution is 0.288. The zero-order chi connectivity index (χ0) is 12.8. The summed E-state index contributed by atoms with van der Waals surface area (Å²) in [6, 6.07) is 0. The highest BCUT2D eigenvalue weighted by molar-refractivity contribution is 7.85. The fourth-order valence-electron chi connectivity index (χ4n) is 1.94. The summed E-state index contributed by atoms with van der Waals surface area (Å²) in [5.74, 6) is 1.63. The van der Waals surface area contributed by atoms with Crippen LogP contribution in [0.5, 0.6) is 0 Å². The van der Waals surface area contributed by atoms with Crippen molar-refractivity contribution in [2.45, 2.75) is 26.4 Å². The molecule has 2 heterocycles. The summed E-state index contributed by atoms with van der Waals surface area (Å²) in [5.41, 5.74) is 1.15. The molecule has 0 amide bonds. The number of rotatable bonds is 6. The second-order valence-electron chi connectivity index (χ2n) is 4.53. The molecular weight excluding hydrogens is 266 g/mol. The van der Waals surface area contributed by atoms with Crippen LogP contribution in [0.15, 0.2) is 5.38 Å². The van der Waals surface area contributed by atoms with Crippen molar-refractivity contribution in [1.82, 2.24) is 15.2 Å². The first-order chi connectivity index (χ1) is 8.78. The van der Waals surface area contributed by atoms with Gasteiger partial charge in [0.05, 0.1) is 5.69 Å². The molecule has 0 saturated carbocycles. The quantitative estimate of drug-likeness (QED) is 0.799. The summed E-state index contributed by atoms with van der Waals surface area (Å²) in [5, 5.41) is 6.68. The smallest absolute Gasteiger partial charge is 0.107 e. The van der Waals surface area contributed by atoms with Gasteiger partial charge in [0.25, 0.3) is 0 Å². The minimum absolute atomic E-state index is 0.589. The monoisotopic (exact) mass is 287 g/mol. The van der Waals surface area contributed by atoms with Gasteiger partial charge >= 0.3 is 0 Å². The van der Waals surface area contributed by atoms with Crippen molar-refractivity contribution in [2.75, 3.05) is 31.1 Å². The first kappa shape index (κ1) is 14.1. The minimum Gasteiger partial charge on any atom is -0.310 e. The molecule has 4 nitrogen and oxygen atoms in total. The van der Waals surface area contributed by atoms with E-state index in [0.717, 1.165) is 56.3 Å². The molecule has 0 aromatic carbocycles. The standard InChI is InChI=1S/C12H21N3OS2/c1-2-3-13-8-12-14-11(10-17-12)9-15-4-6-18(16)7-5-15/h10,13H,2-9H2,1H3. The maximum atomic E-state index is 11.3. The summed E-state index contributed by atoms with van der Waals surface area (Å²) in [6.07, 6.45) is 1.16. The Bertz CT molecular complexity index is 384. The molecule has 1 aliphatic heterocycles. The van der Waals surface area contributed by atoms with Gasteiger partial charge < -0.3 is 5.32 Å². The van der Waals surface area contributed by atoms with Crippen LogP contribution < -0.4 is 5.32 Å². The average molecular weight is 287 g/mol. The van der Waals surface area contributed by atoms with Gasteiger partial charge in [-0.25, -0.2) is 4.98 Å². The van der Waals surface area contributed by atoms with Gasteiger partial charge in [0, 0.05) is 53.9 Å². The van der Waals surface area contributed by atoms with E-state index in [1.54, 1.807) is 11.3 Å². The van der Waals surface area contributed by atoms with Crippen LogP contribution in [0.4, 0.5) is 0 Å². The van der Waals surface area contributed by atoms with Crippen molar-refractivity contribution in [2.24, 2.45) is 0 Å². The second kappa shape index (κ2) is 7.33. The van der Waals surface area contributed by atoms with Gasteiger partial charge in [0.2, 0.25) is 0 Å². The summed E-state index contributed by atoms with van der Waals surface area (Å²) in [4.78, 5) is 6.98. The van der Waals surface area contributed by atoms with Crippen LogP contribution in [0, 0.1) is 0 Å². The number of nitrogens with zero attached hydrogens (tertiary/aromatic N) is 2. The largest absolute Gasteiger partial charge is 0.310 e. The van der Waals surface area contributed by atoms with Crippen molar-refractivity contribution in [3.05, 3.63) is 16.1 Å². The fourth-order valence-corrected chi connectivity index (χ4v) is 3.82. The summed E-state index contributed by atoms with van der Waals surface area (Å²) >= 11 is 1.73. The van der Waals surface area contributed by atoms with Gasteiger partial charge in [-0.05, 0) is 13.0 Å². The van der Waals surface area contributed by atoms with E-state index >= 15 is 0 Å². The Kier molecular flexibility index (Phi) is 5.75. The molecule has 2 rings (SSSR count). The van der Waals surface area contributed by atoms with Crippen molar-refractivity contribution in [3.63, 3.8) is 0 Å². The van der Waals surface area contributed by atoms with Crippen LogP contribution in [0.25, 0.3) is 0 Å². The summed E-state index contributed by atoms with van der Waals surface area (Å²) in [6.45, 7) is 6.87. The Hall–Kier alpha value is -0.300. The average Bonchev–Trinajstić information content (AvgIpc) is 2.80. The van der Waals surface area contributed by atoms with Crippen molar-refractivity contribution >= 4 is 22.1 Å². The normalized spacial score (nSPS) is 18.3. The zero-order valence-electron chi connectivity index (χ0n) is 10.9. The van der Waals surface area contributed by atoms with E-state index in [4.69, 9.17) is 0 Å². The molecule has 1 saturated heterocycles. The number of thiazole rings is 1. The topological polar surface area (TPSA) is 45.2 Å². The van der Waals surface area contributed by atoms with E-state index in [1.807, 2.05) is 0 Å². The molecule has 0 spiro atoms. The molecule has 0 atom stereocenters. The third-order valence-corrected chi connectivity index (χ3v) is 5.13. The molecule has 0 radical (unpaired) electrons. The maximum absolute atomic E-state index is 11.3. The van der Waals surface area contributed by atoms with Gasteiger partial charge in [-0.2, -0.15) is 0 Å². The van der Waals surface area contributed by atoms with Crippen LogP contribution in [0.3, 0.4) is 0 Å². The molecule has 1 aliphatic rings. The third-order valence-electron chi connectivity index (χ3n) is 2.96. The fraction of sp³-hybridized carbons (Fsp3) is 0.750.